The van der Waals surface area contributed by atoms with Crippen molar-refractivity contribution in [3.8, 4) is 0 Å². The molecule has 0 spiro atoms. The summed E-state index contributed by atoms with van der Waals surface area (Å²) in [6.07, 6.45) is 4.91. The third kappa shape index (κ3) is 4.81. The van der Waals surface area contributed by atoms with E-state index in [0.717, 1.165) is 31.8 Å². The van der Waals surface area contributed by atoms with Crippen LogP contribution in [0.15, 0.2) is 30.3 Å². The quantitative estimate of drug-likeness (QED) is 0.922. The summed E-state index contributed by atoms with van der Waals surface area (Å²) in [4.78, 5) is 14.6. The van der Waals surface area contributed by atoms with Crippen molar-refractivity contribution in [2.75, 3.05) is 19.6 Å². The molecule has 4 heteroatoms. The molecule has 0 bridgehead atoms. The van der Waals surface area contributed by atoms with E-state index in [-0.39, 0.29) is 18.1 Å². The number of hydrogen-bond donors (Lipinski definition) is 1. The lowest BCUT2D eigenvalue weighted by atomic mass is 9.87. The number of nitrogens with one attached hydrogen (secondary N) is 1. The molecule has 132 valence electrons. The lowest BCUT2D eigenvalue weighted by molar-refractivity contribution is -0.127. The van der Waals surface area contributed by atoms with Crippen LogP contribution in [0.4, 0.5) is 0 Å². The van der Waals surface area contributed by atoms with E-state index in [1.807, 2.05) is 18.2 Å². The highest BCUT2D eigenvalue weighted by Gasteiger charge is 2.28. The number of carbonyl (C=O) groups excluding carboxylic acids is 1. The van der Waals surface area contributed by atoms with Crippen LogP contribution in [0.5, 0.6) is 0 Å². The van der Waals surface area contributed by atoms with E-state index in [1.54, 1.807) is 0 Å². The minimum Gasteiger partial charge on any atom is -0.368 e. The summed E-state index contributed by atoms with van der Waals surface area (Å²) in [5.74, 6) is 0.973. The Hall–Kier alpha value is -1.39. The van der Waals surface area contributed by atoms with Crippen molar-refractivity contribution in [1.29, 1.82) is 0 Å². The zero-order chi connectivity index (χ0) is 16.9. The van der Waals surface area contributed by atoms with Gasteiger partial charge in [-0.3, -0.25) is 9.69 Å². The van der Waals surface area contributed by atoms with Crippen molar-refractivity contribution in [3.05, 3.63) is 35.9 Å². The van der Waals surface area contributed by atoms with E-state index < -0.39 is 0 Å². The van der Waals surface area contributed by atoms with Crippen molar-refractivity contribution in [2.24, 2.45) is 5.92 Å². The molecule has 1 N–H and O–H groups in total. The number of carbonyl (C=O) groups is 1. The zero-order valence-electron chi connectivity index (χ0n) is 14.9. The van der Waals surface area contributed by atoms with Gasteiger partial charge < -0.3 is 10.1 Å². The molecule has 0 unspecified atom stereocenters. The molecular weight excluding hydrogens is 300 g/mol. The van der Waals surface area contributed by atoms with E-state index in [2.05, 4.69) is 36.2 Å². The fourth-order valence-electron chi connectivity index (χ4n) is 3.90. The predicted octanol–water partition coefficient (Wildman–Crippen LogP) is 3.14. The highest BCUT2D eigenvalue weighted by molar-refractivity contribution is 5.78. The van der Waals surface area contributed by atoms with Crippen molar-refractivity contribution in [2.45, 2.75) is 57.8 Å². The van der Waals surface area contributed by atoms with Gasteiger partial charge in [0.25, 0.3) is 0 Å². The third-order valence-corrected chi connectivity index (χ3v) is 5.26. The predicted molar refractivity (Wildman–Crippen MR) is 95.7 cm³/mol. The average molecular weight is 330 g/mol. The smallest absolute Gasteiger partial charge is 0.234 e. The molecule has 1 heterocycles. The Balaban J connectivity index is 1.51. The summed E-state index contributed by atoms with van der Waals surface area (Å²) in [6, 6.07) is 10.7. The summed E-state index contributed by atoms with van der Waals surface area (Å²) in [7, 11) is 0. The van der Waals surface area contributed by atoms with Crippen molar-refractivity contribution in [3.63, 3.8) is 0 Å². The molecule has 4 nitrogen and oxygen atoms in total. The van der Waals surface area contributed by atoms with Gasteiger partial charge in [0.05, 0.1) is 18.8 Å². The van der Waals surface area contributed by atoms with Gasteiger partial charge in [0.2, 0.25) is 5.91 Å². The molecule has 1 aliphatic heterocycles. The molecule has 1 aliphatic carbocycles. The highest BCUT2D eigenvalue weighted by Crippen LogP contribution is 2.25. The van der Waals surface area contributed by atoms with Crippen LogP contribution in [-0.4, -0.2) is 42.6 Å². The molecular formula is C20H30N2O2. The highest BCUT2D eigenvalue weighted by atomic mass is 16.5. The maximum absolute atomic E-state index is 12.4. The van der Waals surface area contributed by atoms with Crippen LogP contribution in [0.3, 0.4) is 0 Å². The second-order valence-corrected chi connectivity index (χ2v) is 7.56. The van der Waals surface area contributed by atoms with E-state index in [0.29, 0.717) is 12.6 Å². The fourth-order valence-corrected chi connectivity index (χ4v) is 3.90. The van der Waals surface area contributed by atoms with E-state index in [1.165, 1.54) is 18.4 Å². The van der Waals surface area contributed by atoms with Crippen molar-refractivity contribution < 1.29 is 9.53 Å². The minimum absolute atomic E-state index is 0.0540. The van der Waals surface area contributed by atoms with E-state index in [4.69, 9.17) is 4.74 Å². The Morgan fingerprint density at radius 1 is 1.12 bits per heavy atom. The minimum atomic E-state index is 0.0540. The first-order valence-corrected chi connectivity index (χ1v) is 9.32. The summed E-state index contributed by atoms with van der Waals surface area (Å²) in [5.41, 5.74) is 1.19. The molecule has 0 radical (unpaired) electrons. The largest absolute Gasteiger partial charge is 0.368 e. The van der Waals surface area contributed by atoms with Crippen molar-refractivity contribution in [1.82, 2.24) is 10.2 Å². The van der Waals surface area contributed by atoms with Crippen LogP contribution in [0, 0.1) is 5.92 Å². The van der Waals surface area contributed by atoms with E-state index >= 15 is 0 Å². The van der Waals surface area contributed by atoms with Crippen LogP contribution in [-0.2, 0) is 9.53 Å². The van der Waals surface area contributed by atoms with Crippen LogP contribution in [0.1, 0.15) is 51.2 Å². The topological polar surface area (TPSA) is 41.6 Å². The van der Waals surface area contributed by atoms with Gasteiger partial charge in [0, 0.05) is 19.1 Å². The summed E-state index contributed by atoms with van der Waals surface area (Å²) < 4.78 is 6.07. The molecule has 2 fully saturated rings. The molecule has 1 aromatic rings. The molecule has 2 atom stereocenters. The van der Waals surface area contributed by atoms with Crippen molar-refractivity contribution >= 4 is 5.91 Å². The monoisotopic (exact) mass is 330 g/mol. The number of nitrogens with zero attached hydrogens (tertiary/aromatic N) is 1. The van der Waals surface area contributed by atoms with Gasteiger partial charge in [-0.15, -0.1) is 0 Å². The lowest BCUT2D eigenvalue weighted by Gasteiger charge is -2.37. The van der Waals surface area contributed by atoms with Gasteiger partial charge in [0.1, 0.15) is 0 Å². The van der Waals surface area contributed by atoms with Crippen LogP contribution in [0.25, 0.3) is 0 Å². The number of benzene rings is 1. The number of morpholine rings is 1. The lowest BCUT2D eigenvalue weighted by Crippen LogP contribution is -2.49. The van der Waals surface area contributed by atoms with Gasteiger partial charge in [0.15, 0.2) is 0 Å². The number of ether oxygens (including phenoxy) is 1. The standard InChI is InChI=1S/C20H30N2O2/c1-15-8-10-18(11-9-15)21-20(23)14-22-12-16(2)24-19(13-22)17-6-4-3-5-7-17/h3-7,15-16,18-19H,8-14H2,1-2H3,(H,21,23)/t15?,16-,18?,19-/m1/s1. The second kappa shape index (κ2) is 8.13. The fraction of sp³-hybridized carbons (Fsp3) is 0.650. The maximum Gasteiger partial charge on any atom is 0.234 e. The Bertz CT molecular complexity index is 526. The molecule has 1 saturated carbocycles. The second-order valence-electron chi connectivity index (χ2n) is 7.56. The number of hydrogen-bond acceptors (Lipinski definition) is 3. The molecule has 2 aliphatic rings. The van der Waals surface area contributed by atoms with E-state index in [9.17, 15) is 4.79 Å². The average Bonchev–Trinajstić information content (AvgIpc) is 2.57. The Labute approximate surface area is 145 Å². The number of rotatable bonds is 4. The van der Waals surface area contributed by atoms with Gasteiger partial charge in [-0.1, -0.05) is 37.3 Å². The molecule has 1 amide bonds. The summed E-state index contributed by atoms with van der Waals surface area (Å²) in [5, 5.41) is 3.23. The molecule has 3 rings (SSSR count). The molecule has 1 saturated heterocycles. The molecule has 24 heavy (non-hydrogen) atoms. The Morgan fingerprint density at radius 2 is 1.83 bits per heavy atom. The Morgan fingerprint density at radius 3 is 2.54 bits per heavy atom. The Kier molecular flexibility index (Phi) is 5.90. The van der Waals surface area contributed by atoms with Gasteiger partial charge in [-0.25, -0.2) is 0 Å². The first-order valence-electron chi connectivity index (χ1n) is 9.32. The van der Waals surface area contributed by atoms with Gasteiger partial charge >= 0.3 is 0 Å². The summed E-state index contributed by atoms with van der Waals surface area (Å²) in [6.45, 7) is 6.46. The zero-order valence-corrected chi connectivity index (χ0v) is 14.9. The summed E-state index contributed by atoms with van der Waals surface area (Å²) >= 11 is 0. The number of amides is 1. The van der Waals surface area contributed by atoms with Gasteiger partial charge in [-0.05, 0) is 44.1 Å². The first kappa shape index (κ1) is 17.4. The van der Waals surface area contributed by atoms with Crippen LogP contribution < -0.4 is 5.32 Å². The molecule has 1 aromatic carbocycles. The third-order valence-electron chi connectivity index (χ3n) is 5.26. The maximum atomic E-state index is 12.4. The molecule has 0 aromatic heterocycles. The van der Waals surface area contributed by atoms with Crippen LogP contribution in [0.2, 0.25) is 0 Å². The SMILES string of the molecule is CC1CCC(NC(=O)CN2C[C@@H](C)O[C@@H](c3ccccc3)C2)CC1. The van der Waals surface area contributed by atoms with Gasteiger partial charge in [-0.2, -0.15) is 0 Å². The first-order chi connectivity index (χ1) is 11.6. The van der Waals surface area contributed by atoms with Crippen LogP contribution >= 0.6 is 0 Å². The normalized spacial score (nSPS) is 31.6.